The molecule has 120 valence electrons. The first kappa shape index (κ1) is 17.3. The van der Waals surface area contributed by atoms with E-state index in [9.17, 15) is 4.79 Å². The van der Waals surface area contributed by atoms with Crippen molar-refractivity contribution in [3.63, 3.8) is 0 Å². The predicted octanol–water partition coefficient (Wildman–Crippen LogP) is 4.55. The van der Waals surface area contributed by atoms with E-state index in [1.165, 1.54) is 7.11 Å². The van der Waals surface area contributed by atoms with E-state index in [4.69, 9.17) is 27.9 Å². The number of nitrogens with one attached hydrogen (secondary N) is 1. The average molecular weight is 351 g/mol. The van der Waals surface area contributed by atoms with Gasteiger partial charge in [0.1, 0.15) is 5.75 Å². The number of benzene rings is 2. The lowest BCUT2D eigenvalue weighted by atomic mass is 10.1. The zero-order valence-electron chi connectivity index (χ0n) is 12.8. The molecule has 0 heterocycles. The summed E-state index contributed by atoms with van der Waals surface area (Å²) < 4.78 is 5.17. The van der Waals surface area contributed by atoms with Gasteiger partial charge in [0, 0.05) is 10.6 Å². The van der Waals surface area contributed by atoms with Crippen LogP contribution in [-0.4, -0.2) is 18.7 Å². The van der Waals surface area contributed by atoms with E-state index in [0.29, 0.717) is 33.5 Å². The lowest BCUT2D eigenvalue weighted by Crippen LogP contribution is -2.20. The van der Waals surface area contributed by atoms with Crippen LogP contribution in [0.4, 0.5) is 0 Å². The molecule has 0 saturated carbocycles. The number of halogens is 2. The number of amides is 1. The molecule has 0 aromatic heterocycles. The molecule has 0 spiro atoms. The molecule has 0 atom stereocenters. The Labute approximate surface area is 145 Å². The molecule has 0 bridgehead atoms. The summed E-state index contributed by atoms with van der Waals surface area (Å²) in [6.07, 6.45) is 0.605. The molecule has 0 aliphatic heterocycles. The van der Waals surface area contributed by atoms with Gasteiger partial charge >= 0.3 is 0 Å². The van der Waals surface area contributed by atoms with Crippen molar-refractivity contribution in [2.24, 2.45) is 5.10 Å². The Morgan fingerprint density at radius 3 is 2.57 bits per heavy atom. The van der Waals surface area contributed by atoms with E-state index >= 15 is 0 Å². The second kappa shape index (κ2) is 7.99. The lowest BCUT2D eigenvalue weighted by molar-refractivity contribution is 0.0952. The Balaban J connectivity index is 2.24. The molecule has 23 heavy (non-hydrogen) atoms. The molecule has 0 radical (unpaired) electrons. The molecule has 0 unspecified atom stereocenters. The van der Waals surface area contributed by atoms with Crippen LogP contribution in [0.25, 0.3) is 0 Å². The van der Waals surface area contributed by atoms with E-state index < -0.39 is 0 Å². The van der Waals surface area contributed by atoms with Crippen LogP contribution in [0.15, 0.2) is 47.6 Å². The first-order chi connectivity index (χ1) is 11.1. The zero-order valence-corrected chi connectivity index (χ0v) is 14.3. The van der Waals surface area contributed by atoms with Crippen molar-refractivity contribution in [1.82, 2.24) is 5.43 Å². The fraction of sp³-hybridized carbons (Fsp3) is 0.176. The monoisotopic (exact) mass is 350 g/mol. The average Bonchev–Trinajstić information content (AvgIpc) is 2.56. The maximum atomic E-state index is 12.3. The van der Waals surface area contributed by atoms with Crippen molar-refractivity contribution in [2.75, 3.05) is 7.11 Å². The number of ether oxygens (including phenoxy) is 1. The van der Waals surface area contributed by atoms with Crippen LogP contribution >= 0.6 is 23.2 Å². The molecular formula is C17H16Cl2N2O2. The van der Waals surface area contributed by atoms with Crippen molar-refractivity contribution < 1.29 is 9.53 Å². The molecule has 1 N–H and O–H groups in total. The van der Waals surface area contributed by atoms with Crippen molar-refractivity contribution >= 4 is 34.8 Å². The van der Waals surface area contributed by atoms with Gasteiger partial charge < -0.3 is 4.74 Å². The van der Waals surface area contributed by atoms with Crippen LogP contribution in [-0.2, 0) is 0 Å². The highest BCUT2D eigenvalue weighted by atomic mass is 35.5. The highest BCUT2D eigenvalue weighted by Gasteiger charge is 2.12. The Bertz CT molecular complexity index is 745. The Morgan fingerprint density at radius 1 is 1.17 bits per heavy atom. The van der Waals surface area contributed by atoms with Gasteiger partial charge in [-0.3, -0.25) is 4.79 Å². The summed E-state index contributed by atoms with van der Waals surface area (Å²) in [5.74, 6) is 0.140. The highest BCUT2D eigenvalue weighted by molar-refractivity contribution is 6.37. The van der Waals surface area contributed by atoms with Crippen molar-refractivity contribution in [3.05, 3.63) is 63.6 Å². The minimum Gasteiger partial charge on any atom is -0.496 e. The van der Waals surface area contributed by atoms with E-state index in [2.05, 4.69) is 10.5 Å². The van der Waals surface area contributed by atoms with E-state index in [1.807, 2.05) is 6.92 Å². The second-order valence-electron chi connectivity index (χ2n) is 4.68. The first-order valence-electron chi connectivity index (χ1n) is 7.02. The summed E-state index contributed by atoms with van der Waals surface area (Å²) in [5, 5.41) is 5.23. The maximum Gasteiger partial charge on any atom is 0.275 e. The van der Waals surface area contributed by atoms with Crippen molar-refractivity contribution in [1.29, 1.82) is 0 Å². The minimum absolute atomic E-state index is 0.349. The molecule has 2 aromatic rings. The summed E-state index contributed by atoms with van der Waals surface area (Å²) >= 11 is 12.1. The summed E-state index contributed by atoms with van der Waals surface area (Å²) in [6, 6.07) is 12.1. The maximum absolute atomic E-state index is 12.3. The van der Waals surface area contributed by atoms with E-state index in [-0.39, 0.29) is 5.91 Å². The van der Waals surface area contributed by atoms with Gasteiger partial charge in [-0.25, -0.2) is 5.43 Å². The van der Waals surface area contributed by atoms with Gasteiger partial charge in [-0.1, -0.05) is 48.3 Å². The number of nitrogens with zero attached hydrogens (tertiary/aromatic N) is 1. The largest absolute Gasteiger partial charge is 0.496 e. The Kier molecular flexibility index (Phi) is 6.02. The fourth-order valence-corrected chi connectivity index (χ4v) is 2.58. The van der Waals surface area contributed by atoms with Gasteiger partial charge in [-0.2, -0.15) is 5.10 Å². The lowest BCUT2D eigenvalue weighted by Gasteiger charge is -2.09. The molecule has 2 rings (SSSR count). The highest BCUT2D eigenvalue weighted by Crippen LogP contribution is 2.22. The number of methoxy groups -OCH3 is 1. The molecule has 0 aliphatic carbocycles. The first-order valence-corrected chi connectivity index (χ1v) is 7.77. The van der Waals surface area contributed by atoms with Crippen LogP contribution in [0, 0.1) is 0 Å². The third-order valence-corrected chi connectivity index (χ3v) is 3.77. The Morgan fingerprint density at radius 2 is 1.91 bits per heavy atom. The Hall–Kier alpha value is -2.04. The fourth-order valence-electron chi connectivity index (χ4n) is 2.06. The molecule has 0 aliphatic rings. The van der Waals surface area contributed by atoms with Crippen molar-refractivity contribution in [3.8, 4) is 5.75 Å². The summed E-state index contributed by atoms with van der Waals surface area (Å²) in [5.41, 5.74) is 4.35. The summed E-state index contributed by atoms with van der Waals surface area (Å²) in [4.78, 5) is 12.3. The van der Waals surface area contributed by atoms with Gasteiger partial charge in [-0.05, 0) is 30.7 Å². The predicted molar refractivity (Wildman–Crippen MR) is 93.8 cm³/mol. The van der Waals surface area contributed by atoms with Gasteiger partial charge in [0.15, 0.2) is 0 Å². The molecule has 0 fully saturated rings. The van der Waals surface area contributed by atoms with Crippen LogP contribution in [0.1, 0.15) is 29.3 Å². The van der Waals surface area contributed by atoms with Gasteiger partial charge in [0.2, 0.25) is 0 Å². The second-order valence-corrected chi connectivity index (χ2v) is 5.52. The number of hydrogen-bond donors (Lipinski definition) is 1. The summed E-state index contributed by atoms with van der Waals surface area (Å²) in [7, 11) is 1.51. The third kappa shape index (κ3) is 4.24. The van der Waals surface area contributed by atoms with Crippen LogP contribution in [0.3, 0.4) is 0 Å². The molecule has 2 aromatic carbocycles. The SMILES string of the molecule is CC/C(=N\NC(=O)c1ccccc1OC)c1ccc(Cl)cc1Cl. The van der Waals surface area contributed by atoms with Gasteiger partial charge in [-0.15, -0.1) is 0 Å². The molecule has 6 heteroatoms. The van der Waals surface area contributed by atoms with Crippen LogP contribution < -0.4 is 10.2 Å². The van der Waals surface area contributed by atoms with Gasteiger partial charge in [0.05, 0.1) is 23.4 Å². The number of hydrazone groups is 1. The smallest absolute Gasteiger partial charge is 0.275 e. The number of para-hydroxylation sites is 1. The third-order valence-electron chi connectivity index (χ3n) is 3.22. The zero-order chi connectivity index (χ0) is 16.8. The van der Waals surface area contributed by atoms with Crippen LogP contribution in [0.5, 0.6) is 5.75 Å². The normalized spacial score (nSPS) is 11.2. The molecular weight excluding hydrogens is 335 g/mol. The minimum atomic E-state index is -0.349. The molecule has 4 nitrogen and oxygen atoms in total. The standard InChI is InChI=1S/C17H16Cl2N2O2/c1-3-15(12-9-8-11(18)10-14(12)19)20-21-17(22)13-6-4-5-7-16(13)23-2/h4-10H,3H2,1-2H3,(H,21,22)/b20-15+. The van der Waals surface area contributed by atoms with Crippen LogP contribution in [0.2, 0.25) is 10.0 Å². The number of hydrogen-bond acceptors (Lipinski definition) is 3. The number of rotatable bonds is 5. The molecule has 1 amide bonds. The topological polar surface area (TPSA) is 50.7 Å². The number of carbonyl (C=O) groups excluding carboxylic acids is 1. The van der Waals surface area contributed by atoms with E-state index in [0.717, 1.165) is 5.56 Å². The number of carbonyl (C=O) groups is 1. The van der Waals surface area contributed by atoms with E-state index in [1.54, 1.807) is 42.5 Å². The molecule has 0 saturated heterocycles. The summed E-state index contributed by atoms with van der Waals surface area (Å²) in [6.45, 7) is 1.93. The quantitative estimate of drug-likeness (QED) is 0.635. The van der Waals surface area contributed by atoms with Gasteiger partial charge in [0.25, 0.3) is 5.91 Å². The van der Waals surface area contributed by atoms with Crippen molar-refractivity contribution in [2.45, 2.75) is 13.3 Å².